The fraction of sp³-hybridized carbons (Fsp3) is 0.294. The van der Waals surface area contributed by atoms with Crippen molar-refractivity contribution in [1.29, 1.82) is 0 Å². The number of imidazole rings is 1. The summed E-state index contributed by atoms with van der Waals surface area (Å²) in [6, 6.07) is 5.15. The minimum atomic E-state index is -1.31. The van der Waals surface area contributed by atoms with Crippen LogP contribution in [0.25, 0.3) is 11.2 Å². The van der Waals surface area contributed by atoms with Crippen molar-refractivity contribution in [2.24, 2.45) is 0 Å². The van der Waals surface area contributed by atoms with E-state index in [0.717, 1.165) is 11.8 Å². The third-order valence-corrected chi connectivity index (χ3v) is 5.38. The molecule has 156 valence electrons. The molecule has 1 aliphatic rings. The zero-order valence-electron chi connectivity index (χ0n) is 15.1. The van der Waals surface area contributed by atoms with Crippen LogP contribution in [0.3, 0.4) is 0 Å². The number of rotatable bonds is 5. The van der Waals surface area contributed by atoms with Crippen molar-refractivity contribution >= 4 is 33.7 Å². The van der Waals surface area contributed by atoms with Gasteiger partial charge >= 0.3 is 0 Å². The van der Waals surface area contributed by atoms with Crippen LogP contribution in [0.4, 0.5) is 5.69 Å². The number of nitro groups is 1. The average Bonchev–Trinajstić information content (AvgIpc) is 3.28. The molecule has 0 spiro atoms. The number of hydrogen-bond acceptors (Lipinski definition) is 11. The highest BCUT2D eigenvalue weighted by Crippen LogP contribution is 2.31. The zero-order chi connectivity index (χ0) is 21.4. The minimum Gasteiger partial charge on any atom is -0.394 e. The molecule has 1 saturated heterocycles. The Bertz CT molecular complexity index is 1110. The summed E-state index contributed by atoms with van der Waals surface area (Å²) in [7, 11) is 0. The third kappa shape index (κ3) is 3.64. The quantitative estimate of drug-likeness (QED) is 0.218. The highest BCUT2D eigenvalue weighted by Gasteiger charge is 2.43. The molecule has 0 bridgehead atoms. The largest absolute Gasteiger partial charge is 0.394 e. The summed E-state index contributed by atoms with van der Waals surface area (Å²) in [6.45, 7) is -0.471. The predicted molar refractivity (Wildman–Crippen MR) is 102 cm³/mol. The molecule has 4 atom stereocenters. The highest BCUT2D eigenvalue weighted by atomic mass is 32.2. The van der Waals surface area contributed by atoms with E-state index in [0.29, 0.717) is 5.52 Å². The van der Waals surface area contributed by atoms with Crippen LogP contribution in [0, 0.1) is 10.1 Å². The number of thioether (sulfide) groups is 1. The molecule has 13 heteroatoms. The number of fused-ring (bicyclic) bond motifs is 1. The Kier molecular flexibility index (Phi) is 5.44. The second-order valence-corrected chi connectivity index (χ2v) is 7.38. The number of nitro benzene ring substituents is 1. The van der Waals surface area contributed by atoms with Crippen molar-refractivity contribution in [1.82, 2.24) is 19.5 Å². The lowest BCUT2D eigenvalue weighted by molar-refractivity contribution is -0.384. The van der Waals surface area contributed by atoms with E-state index in [2.05, 4.69) is 15.0 Å². The van der Waals surface area contributed by atoms with Crippen LogP contribution in [0.5, 0.6) is 0 Å². The fourth-order valence-corrected chi connectivity index (χ4v) is 3.67. The normalized spacial score (nSPS) is 23.7. The van der Waals surface area contributed by atoms with Gasteiger partial charge in [-0.1, -0.05) is 0 Å². The molecule has 0 radical (unpaired) electrons. The maximum atomic E-state index is 12.5. The van der Waals surface area contributed by atoms with Crippen LogP contribution in [0.1, 0.15) is 16.6 Å². The molecule has 0 unspecified atom stereocenters. The second-order valence-electron chi connectivity index (χ2n) is 6.44. The number of aliphatic hydroxyl groups excluding tert-OH is 3. The van der Waals surface area contributed by atoms with E-state index in [-0.39, 0.29) is 22.1 Å². The first kappa shape index (κ1) is 20.3. The lowest BCUT2D eigenvalue weighted by atomic mass is 10.1. The Balaban J connectivity index is 1.58. The van der Waals surface area contributed by atoms with E-state index in [1.165, 1.54) is 41.4 Å². The van der Waals surface area contributed by atoms with Gasteiger partial charge in [0.05, 0.1) is 24.1 Å². The number of aliphatic hydroxyl groups is 3. The number of ether oxygens (including phenoxy) is 1. The molecule has 0 saturated carbocycles. The zero-order valence-corrected chi connectivity index (χ0v) is 15.9. The number of hydrogen-bond donors (Lipinski definition) is 3. The van der Waals surface area contributed by atoms with Gasteiger partial charge in [-0.3, -0.25) is 19.5 Å². The molecule has 30 heavy (non-hydrogen) atoms. The average molecular weight is 433 g/mol. The van der Waals surface area contributed by atoms with Gasteiger partial charge in [-0.15, -0.1) is 0 Å². The molecule has 3 N–H and O–H groups in total. The van der Waals surface area contributed by atoms with Gasteiger partial charge in [-0.05, 0) is 23.9 Å². The maximum absolute atomic E-state index is 12.5. The van der Waals surface area contributed by atoms with E-state index in [1.807, 2.05) is 0 Å². The molecule has 3 heterocycles. The molecule has 1 aromatic carbocycles. The van der Waals surface area contributed by atoms with Gasteiger partial charge < -0.3 is 20.1 Å². The number of carbonyl (C=O) groups is 1. The number of aromatic nitrogens is 4. The van der Waals surface area contributed by atoms with Crippen molar-refractivity contribution in [3.63, 3.8) is 0 Å². The van der Waals surface area contributed by atoms with E-state index in [4.69, 9.17) is 4.74 Å². The van der Waals surface area contributed by atoms with Gasteiger partial charge in [0.25, 0.3) is 5.69 Å². The molecule has 3 aromatic rings. The van der Waals surface area contributed by atoms with Crippen molar-refractivity contribution in [3.05, 3.63) is 52.5 Å². The van der Waals surface area contributed by atoms with Gasteiger partial charge in [-0.25, -0.2) is 15.0 Å². The molecule has 0 aliphatic carbocycles. The molecule has 2 aromatic heterocycles. The predicted octanol–water partition coefficient (Wildman–Crippen LogP) is 0.278. The van der Waals surface area contributed by atoms with Crippen molar-refractivity contribution in [3.8, 4) is 0 Å². The van der Waals surface area contributed by atoms with Crippen LogP contribution in [0.15, 0.2) is 41.9 Å². The first-order chi connectivity index (χ1) is 14.4. The second kappa shape index (κ2) is 8.04. The van der Waals surface area contributed by atoms with E-state index in [1.54, 1.807) is 0 Å². The number of carbonyl (C=O) groups excluding carboxylic acids is 1. The number of benzene rings is 1. The van der Waals surface area contributed by atoms with Crippen molar-refractivity contribution < 1.29 is 29.8 Å². The van der Waals surface area contributed by atoms with Crippen LogP contribution >= 0.6 is 11.8 Å². The van der Waals surface area contributed by atoms with Crippen molar-refractivity contribution in [2.45, 2.75) is 29.7 Å². The van der Waals surface area contributed by atoms with Gasteiger partial charge in [-0.2, -0.15) is 0 Å². The monoisotopic (exact) mass is 433 g/mol. The Morgan fingerprint density at radius 2 is 1.97 bits per heavy atom. The highest BCUT2D eigenvalue weighted by molar-refractivity contribution is 8.14. The summed E-state index contributed by atoms with van der Waals surface area (Å²) >= 11 is 0.722. The van der Waals surface area contributed by atoms with Crippen LogP contribution in [-0.4, -0.2) is 69.8 Å². The summed E-state index contributed by atoms with van der Waals surface area (Å²) in [5.41, 5.74) is 0.751. The number of non-ortho nitro benzene ring substituents is 1. The van der Waals surface area contributed by atoms with Gasteiger partial charge in [0.1, 0.15) is 23.8 Å². The summed E-state index contributed by atoms with van der Waals surface area (Å²) in [6.07, 6.45) is -1.83. The Morgan fingerprint density at radius 3 is 2.60 bits per heavy atom. The smallest absolute Gasteiger partial charge is 0.269 e. The maximum Gasteiger partial charge on any atom is 0.269 e. The molecule has 12 nitrogen and oxygen atoms in total. The van der Waals surface area contributed by atoms with E-state index >= 15 is 0 Å². The van der Waals surface area contributed by atoms with Crippen LogP contribution in [-0.2, 0) is 4.74 Å². The summed E-state index contributed by atoms with van der Waals surface area (Å²) in [5, 5.41) is 39.9. The molecule has 4 rings (SSSR count). The molecule has 1 aliphatic heterocycles. The molecule has 0 amide bonds. The van der Waals surface area contributed by atoms with Gasteiger partial charge in [0.2, 0.25) is 5.12 Å². The summed E-state index contributed by atoms with van der Waals surface area (Å²) in [5.74, 6) is 0. The fourth-order valence-electron chi connectivity index (χ4n) is 3.02. The summed E-state index contributed by atoms with van der Waals surface area (Å²) in [4.78, 5) is 35.1. The SMILES string of the molecule is O=C(Sc1ncc2ncn([C@H]3O[C@@H](CO)[C@H](O)[C@@H]3O)c2n1)c1ccc([N+](=O)[O-])cc1. The number of nitrogens with zero attached hydrogens (tertiary/aromatic N) is 5. The lowest BCUT2D eigenvalue weighted by Gasteiger charge is -2.16. The Labute approximate surface area is 172 Å². The Morgan fingerprint density at radius 1 is 1.23 bits per heavy atom. The van der Waals surface area contributed by atoms with Crippen LogP contribution in [0.2, 0.25) is 0 Å². The van der Waals surface area contributed by atoms with Gasteiger partial charge in [0, 0.05) is 17.7 Å². The first-order valence-corrected chi connectivity index (χ1v) is 9.49. The van der Waals surface area contributed by atoms with E-state index in [9.17, 15) is 30.2 Å². The van der Waals surface area contributed by atoms with Crippen LogP contribution < -0.4 is 0 Å². The minimum absolute atomic E-state index is 0.0966. The van der Waals surface area contributed by atoms with Crippen molar-refractivity contribution in [2.75, 3.05) is 6.61 Å². The summed E-state index contributed by atoms with van der Waals surface area (Å²) < 4.78 is 6.88. The lowest BCUT2D eigenvalue weighted by Crippen LogP contribution is -2.33. The Hall–Kier alpha value is -2.97. The molecular weight excluding hydrogens is 418 g/mol. The molecule has 1 fully saturated rings. The molecular formula is C17H15N5O7S. The van der Waals surface area contributed by atoms with Gasteiger partial charge in [0.15, 0.2) is 17.0 Å². The standard InChI is InChI=1S/C17H15N5O7S/c23-6-11-12(24)13(25)15(29-11)21-7-19-10-5-18-17(20-14(10)21)30-16(26)8-1-3-9(4-2-8)22(27)28/h1-5,7,11-13,15,23-25H,6H2/t11-,12-,13-,15-/m0/s1. The third-order valence-electron chi connectivity index (χ3n) is 4.58. The van der Waals surface area contributed by atoms with E-state index < -0.39 is 41.2 Å². The topological polar surface area (TPSA) is 174 Å². The first-order valence-electron chi connectivity index (χ1n) is 8.67.